The second-order valence-corrected chi connectivity index (χ2v) is 7.48. The quantitative estimate of drug-likeness (QED) is 0.616. The van der Waals surface area contributed by atoms with Crippen molar-refractivity contribution in [3.8, 4) is 0 Å². The summed E-state index contributed by atoms with van der Waals surface area (Å²) in [6.07, 6.45) is 2.98. The van der Waals surface area contributed by atoms with Crippen molar-refractivity contribution in [3.63, 3.8) is 0 Å². The second kappa shape index (κ2) is 7.59. The molecule has 0 saturated heterocycles. The van der Waals surface area contributed by atoms with E-state index in [0.29, 0.717) is 34.4 Å². The van der Waals surface area contributed by atoms with Crippen molar-refractivity contribution in [2.45, 2.75) is 27.3 Å². The molecule has 0 unspecified atom stereocenters. The Morgan fingerprint density at radius 1 is 1.25 bits per heavy atom. The molecule has 8 heteroatoms. The van der Waals surface area contributed by atoms with Gasteiger partial charge in [0.1, 0.15) is 5.15 Å². The molecule has 2 heterocycles. The van der Waals surface area contributed by atoms with Crippen molar-refractivity contribution in [2.24, 2.45) is 5.92 Å². The lowest BCUT2D eigenvalue weighted by Crippen LogP contribution is -2.24. The fraction of sp³-hybridized carbons (Fsp3) is 0.300. The third-order valence-corrected chi connectivity index (χ3v) is 4.80. The van der Waals surface area contributed by atoms with Gasteiger partial charge in [-0.25, -0.2) is 0 Å². The largest absolute Gasteiger partial charge is 0.322 e. The van der Waals surface area contributed by atoms with E-state index in [1.54, 1.807) is 16.8 Å². The van der Waals surface area contributed by atoms with Crippen LogP contribution in [-0.2, 0) is 11.3 Å². The van der Waals surface area contributed by atoms with Gasteiger partial charge in [-0.3, -0.25) is 24.0 Å². The number of hydrogen-bond donors (Lipinski definition) is 1. The number of nitrogens with zero attached hydrogens (tertiary/aromatic N) is 3. The standard InChI is InChI=1S/C20H21ClN4O3/c1-11(2)10-25-18(21)14(12(3)23-25)7-8-17(26)22-13-5-6-15-16(9-13)20(28)24(4)19(15)27/h5-9,11H,10H2,1-4H3,(H,22,26)/b8-7+. The van der Waals surface area contributed by atoms with Crippen LogP contribution >= 0.6 is 11.6 Å². The maximum absolute atomic E-state index is 12.3. The van der Waals surface area contributed by atoms with Crippen molar-refractivity contribution >= 4 is 41.1 Å². The Morgan fingerprint density at radius 3 is 2.61 bits per heavy atom. The monoisotopic (exact) mass is 400 g/mol. The maximum Gasteiger partial charge on any atom is 0.261 e. The van der Waals surface area contributed by atoms with Gasteiger partial charge in [0.25, 0.3) is 11.8 Å². The average Bonchev–Trinajstić information content (AvgIpc) is 3.01. The van der Waals surface area contributed by atoms with E-state index in [1.165, 1.54) is 25.3 Å². The van der Waals surface area contributed by atoms with Crippen LogP contribution < -0.4 is 5.32 Å². The van der Waals surface area contributed by atoms with E-state index in [2.05, 4.69) is 24.3 Å². The summed E-state index contributed by atoms with van der Waals surface area (Å²) < 4.78 is 1.72. The van der Waals surface area contributed by atoms with Gasteiger partial charge in [-0.15, -0.1) is 0 Å². The molecule has 28 heavy (non-hydrogen) atoms. The minimum Gasteiger partial charge on any atom is -0.322 e. The van der Waals surface area contributed by atoms with E-state index < -0.39 is 0 Å². The summed E-state index contributed by atoms with van der Waals surface area (Å²) in [4.78, 5) is 37.3. The van der Waals surface area contributed by atoms with Gasteiger partial charge in [0.15, 0.2) is 0 Å². The number of halogens is 1. The summed E-state index contributed by atoms with van der Waals surface area (Å²) >= 11 is 6.37. The SMILES string of the molecule is Cc1nn(CC(C)C)c(Cl)c1/C=C/C(=O)Nc1ccc2c(c1)C(=O)N(C)C2=O. The molecule has 1 N–H and O–H groups in total. The second-order valence-electron chi connectivity index (χ2n) is 7.12. The summed E-state index contributed by atoms with van der Waals surface area (Å²) in [5.74, 6) is -0.713. The molecule has 0 spiro atoms. The number of benzene rings is 1. The molecule has 0 radical (unpaired) electrons. The molecule has 0 fully saturated rings. The lowest BCUT2D eigenvalue weighted by molar-refractivity contribution is -0.111. The van der Waals surface area contributed by atoms with Gasteiger partial charge in [-0.2, -0.15) is 5.10 Å². The fourth-order valence-electron chi connectivity index (χ4n) is 3.01. The first-order chi connectivity index (χ1) is 13.2. The first-order valence-corrected chi connectivity index (χ1v) is 9.25. The molecule has 1 aliphatic rings. The molecular formula is C20H21ClN4O3. The van der Waals surface area contributed by atoms with Crippen LogP contribution in [0.1, 0.15) is 45.8 Å². The molecular weight excluding hydrogens is 380 g/mol. The lowest BCUT2D eigenvalue weighted by Gasteiger charge is -2.05. The van der Waals surface area contributed by atoms with Crippen LogP contribution in [0.3, 0.4) is 0 Å². The number of amides is 3. The highest BCUT2D eigenvalue weighted by atomic mass is 35.5. The summed E-state index contributed by atoms with van der Waals surface area (Å²) in [6.45, 7) is 6.67. The van der Waals surface area contributed by atoms with Gasteiger partial charge < -0.3 is 5.32 Å². The predicted molar refractivity (Wildman–Crippen MR) is 107 cm³/mol. The number of carbonyl (C=O) groups is 3. The third kappa shape index (κ3) is 3.71. The molecule has 0 bridgehead atoms. The zero-order chi connectivity index (χ0) is 20.6. The van der Waals surface area contributed by atoms with E-state index in [-0.39, 0.29) is 23.3 Å². The third-order valence-electron chi connectivity index (χ3n) is 4.41. The molecule has 1 aromatic heterocycles. The zero-order valence-electron chi connectivity index (χ0n) is 16.1. The van der Waals surface area contributed by atoms with Gasteiger partial charge in [0.2, 0.25) is 5.91 Å². The van der Waals surface area contributed by atoms with Crippen LogP contribution in [0.4, 0.5) is 5.69 Å². The number of anilines is 1. The summed E-state index contributed by atoms with van der Waals surface area (Å²) in [7, 11) is 1.43. The molecule has 0 aliphatic carbocycles. The van der Waals surface area contributed by atoms with Crippen molar-refractivity contribution < 1.29 is 14.4 Å². The van der Waals surface area contributed by atoms with Gasteiger partial charge in [0.05, 0.1) is 16.8 Å². The number of aromatic nitrogens is 2. The van der Waals surface area contributed by atoms with Crippen LogP contribution in [0.5, 0.6) is 0 Å². The number of fused-ring (bicyclic) bond motifs is 1. The molecule has 2 aromatic rings. The van der Waals surface area contributed by atoms with Crippen molar-refractivity contribution in [1.82, 2.24) is 14.7 Å². The predicted octanol–water partition coefficient (Wildman–Crippen LogP) is 3.38. The minimum atomic E-state index is -0.383. The number of aryl methyl sites for hydroxylation is 1. The van der Waals surface area contributed by atoms with Crippen LogP contribution in [0.2, 0.25) is 5.15 Å². The van der Waals surface area contributed by atoms with Crippen molar-refractivity contribution in [3.05, 3.63) is 51.8 Å². The topological polar surface area (TPSA) is 84.3 Å². The number of carbonyl (C=O) groups excluding carboxylic acids is 3. The Hall–Kier alpha value is -2.93. The van der Waals surface area contributed by atoms with E-state index in [9.17, 15) is 14.4 Å². The van der Waals surface area contributed by atoms with Crippen molar-refractivity contribution in [1.29, 1.82) is 0 Å². The Morgan fingerprint density at radius 2 is 1.93 bits per heavy atom. The normalized spacial score (nSPS) is 13.7. The smallest absolute Gasteiger partial charge is 0.261 e. The fourth-order valence-corrected chi connectivity index (χ4v) is 3.31. The highest BCUT2D eigenvalue weighted by molar-refractivity contribution is 6.31. The van der Waals surface area contributed by atoms with E-state index in [1.807, 2.05) is 6.92 Å². The average molecular weight is 401 g/mol. The Kier molecular flexibility index (Phi) is 5.38. The Balaban J connectivity index is 1.75. The van der Waals surface area contributed by atoms with Crippen LogP contribution in [0.15, 0.2) is 24.3 Å². The highest BCUT2D eigenvalue weighted by Crippen LogP contribution is 2.25. The Bertz CT molecular complexity index is 1010. The van der Waals surface area contributed by atoms with Gasteiger partial charge >= 0.3 is 0 Å². The molecule has 1 aliphatic heterocycles. The van der Waals surface area contributed by atoms with E-state index in [4.69, 9.17) is 11.6 Å². The zero-order valence-corrected chi connectivity index (χ0v) is 16.9. The van der Waals surface area contributed by atoms with Crippen LogP contribution in [-0.4, -0.2) is 39.4 Å². The maximum atomic E-state index is 12.3. The number of rotatable bonds is 5. The minimum absolute atomic E-state index is 0.281. The van der Waals surface area contributed by atoms with E-state index in [0.717, 1.165) is 10.6 Å². The van der Waals surface area contributed by atoms with Gasteiger partial charge in [-0.05, 0) is 37.1 Å². The highest BCUT2D eigenvalue weighted by Gasteiger charge is 2.32. The summed E-state index contributed by atoms with van der Waals surface area (Å²) in [6, 6.07) is 4.63. The molecule has 0 atom stereocenters. The summed E-state index contributed by atoms with van der Waals surface area (Å²) in [5.41, 5.74) is 2.47. The molecule has 1 aromatic carbocycles. The van der Waals surface area contributed by atoms with E-state index >= 15 is 0 Å². The molecule has 0 saturated carbocycles. The van der Waals surface area contributed by atoms with Gasteiger partial charge in [0, 0.05) is 30.9 Å². The van der Waals surface area contributed by atoms with Crippen molar-refractivity contribution in [2.75, 3.05) is 12.4 Å². The molecule has 7 nitrogen and oxygen atoms in total. The number of hydrogen-bond acceptors (Lipinski definition) is 4. The summed E-state index contributed by atoms with van der Waals surface area (Å²) in [5, 5.41) is 7.58. The Labute approximate surface area is 168 Å². The molecule has 3 rings (SSSR count). The van der Waals surface area contributed by atoms with Crippen LogP contribution in [0, 0.1) is 12.8 Å². The lowest BCUT2D eigenvalue weighted by atomic mass is 10.1. The number of nitrogens with one attached hydrogen (secondary N) is 1. The first kappa shape index (κ1) is 19.8. The number of imide groups is 1. The first-order valence-electron chi connectivity index (χ1n) is 8.87. The molecule has 146 valence electrons. The van der Waals surface area contributed by atoms with Gasteiger partial charge in [-0.1, -0.05) is 25.4 Å². The van der Waals surface area contributed by atoms with Crippen LogP contribution in [0.25, 0.3) is 6.08 Å². The molecule has 3 amide bonds.